The number of aryl methyl sites for hydroxylation is 2. The van der Waals surface area contributed by atoms with Crippen molar-refractivity contribution >= 4 is 141 Å². The molecule has 0 aliphatic rings. The SMILES string of the molecule is CC(=O)Nc1cccc(NC(C)=O)n1.CCCCC(=O)Nc1cccc(NC(=O)CCCC)n1.CCCOC(=O)Nc1cccc(NC(=O)OCCOCC)n1.COc1ccc(C(=O)Nc2cccc(NC(=O)c3ccc(CO)cc3)n2)cc1.Cc1cccc(C(=O)Nc2cccc(NC(=O)c3cccc(C)c3)n2)c1.O=C(Nc1cccc(NC(=O)c2ccccc2)n1)c1ccccc1. The topological polar surface area (TPSA) is 484 Å². The molecule has 0 aliphatic heterocycles. The highest BCUT2D eigenvalue weighted by Crippen LogP contribution is 2.21. The predicted molar refractivity (Wildman–Crippen MR) is 515 cm³/mol. The second-order valence-corrected chi connectivity index (χ2v) is 28.6. The number of amides is 12. The van der Waals surface area contributed by atoms with E-state index in [0.717, 1.165) is 48.8 Å². The number of rotatable bonds is 32. The molecule has 6 aromatic heterocycles. The summed E-state index contributed by atoms with van der Waals surface area (Å²) in [4.78, 5) is 166. The van der Waals surface area contributed by atoms with Gasteiger partial charge in [0.1, 0.15) is 82.2 Å². The summed E-state index contributed by atoms with van der Waals surface area (Å²) in [7, 11) is 1.56. The molecule has 12 amide bonds. The number of methoxy groups -OCH3 is 1. The number of anilines is 12. The lowest BCUT2D eigenvalue weighted by Crippen LogP contribution is -2.18. The number of carbonyl (C=O) groups is 12. The van der Waals surface area contributed by atoms with Crippen LogP contribution in [0.25, 0.3) is 0 Å². The van der Waals surface area contributed by atoms with E-state index < -0.39 is 12.2 Å². The number of aromatic nitrogens is 6. The quantitative estimate of drug-likeness (QED) is 0.0174. The Kier molecular flexibility index (Phi) is 45.0. The van der Waals surface area contributed by atoms with Crippen LogP contribution in [0.2, 0.25) is 0 Å². The van der Waals surface area contributed by atoms with Crippen molar-refractivity contribution in [2.45, 2.75) is 107 Å². The maximum atomic E-state index is 12.3. The molecular formula is C99H108N18O17. The molecule has 12 aromatic rings. The smallest absolute Gasteiger partial charge is 0.412 e. The van der Waals surface area contributed by atoms with Crippen molar-refractivity contribution in [1.29, 1.82) is 0 Å². The number of aliphatic hydroxyl groups excluding tert-OH is 1. The summed E-state index contributed by atoms with van der Waals surface area (Å²) in [5.74, 6) is 2.93. The zero-order valence-electron chi connectivity index (χ0n) is 75.6. The van der Waals surface area contributed by atoms with Crippen molar-refractivity contribution in [3.63, 3.8) is 0 Å². The van der Waals surface area contributed by atoms with Crippen LogP contribution < -0.4 is 68.5 Å². The predicted octanol–water partition coefficient (Wildman–Crippen LogP) is 17.8. The number of carbonyl (C=O) groups excluding carboxylic acids is 12. The van der Waals surface area contributed by atoms with Crippen LogP contribution in [0.4, 0.5) is 79.4 Å². The molecule has 12 rings (SSSR count). The summed E-state index contributed by atoms with van der Waals surface area (Å²) >= 11 is 0. The fourth-order valence-corrected chi connectivity index (χ4v) is 11.1. The summed E-state index contributed by atoms with van der Waals surface area (Å²) in [5, 5.41) is 40.8. The van der Waals surface area contributed by atoms with Crippen LogP contribution in [0.5, 0.6) is 5.75 Å². The third kappa shape index (κ3) is 40.2. The molecule has 0 fully saturated rings. The van der Waals surface area contributed by atoms with Crippen molar-refractivity contribution in [2.24, 2.45) is 0 Å². The first-order valence-corrected chi connectivity index (χ1v) is 42.6. The molecule has 0 saturated carbocycles. The number of benzene rings is 6. The fraction of sp³-hybridized carbons (Fsp3) is 0.212. The highest BCUT2D eigenvalue weighted by Gasteiger charge is 2.17. The number of nitrogens with one attached hydrogen (secondary N) is 12. The maximum Gasteiger partial charge on any atom is 0.412 e. The molecule has 6 aromatic carbocycles. The van der Waals surface area contributed by atoms with Crippen molar-refractivity contribution in [3.8, 4) is 5.75 Å². The van der Waals surface area contributed by atoms with Gasteiger partial charge in [-0.25, -0.2) is 39.5 Å². The number of hydrogen-bond acceptors (Lipinski definition) is 23. The van der Waals surface area contributed by atoms with Crippen molar-refractivity contribution in [1.82, 2.24) is 29.9 Å². The summed E-state index contributed by atoms with van der Waals surface area (Å²) in [6.07, 6.45) is 4.16. The molecule has 35 heteroatoms. The Labute approximate surface area is 775 Å². The summed E-state index contributed by atoms with van der Waals surface area (Å²) < 4.78 is 19.9. The standard InChI is InChI=1S/C21H19N3O4.C21H19N3O2.C19H15N3O2.C15H23N3O2.C14H21N3O5.C9H11N3O2/c1-28-17-11-9-16(10-12-17)21(27)24-19-4-2-3-18(22-19)23-20(26)15-7-5-14(13-25)6-8-15;1-14-6-3-8-16(12-14)20(25)23-18-10-5-11-19(22-18)24-21(26)17-9-4-7-15(2)13-17;23-18(14-8-3-1-4-9-14)21-16-12-7-13-17(20-16)22-19(24)15-10-5-2-6-11-15;1-3-5-10-14(19)17-12-8-7-9-13(16-12)18-15(20)11-6-4-2;1-3-8-21-13(18)16-11-6-5-7-12(15-11)17-14(19)22-10-9-20-4-2;1-6(13)10-8-4-3-5-9(12-8)11-7(2)14/h2-12,25H,13H2,1H3,(H2,22,23,24,26,27);3-13H,1-2H3,(H2,22,23,24,25,26);1-13H,(H2,20,21,22,23,24);7-9H,3-6,10-11H2,1-2H3,(H2,16,17,18,19,20);5-7H,3-4,8-10H2,1-2H3,(H2,15,16,17,18,19);3-5H,1-2H3,(H2,10,11,12,13,14). The number of hydrogen-bond donors (Lipinski definition) is 13. The van der Waals surface area contributed by atoms with Gasteiger partial charge in [0.05, 0.1) is 26.9 Å². The van der Waals surface area contributed by atoms with Gasteiger partial charge in [-0.05, 0) is 203 Å². The van der Waals surface area contributed by atoms with Crippen LogP contribution in [0.1, 0.15) is 165 Å². The van der Waals surface area contributed by atoms with Gasteiger partial charge in [0.2, 0.25) is 23.6 Å². The van der Waals surface area contributed by atoms with E-state index in [1.165, 1.54) is 13.8 Å². The van der Waals surface area contributed by atoms with Crippen molar-refractivity contribution in [3.05, 3.63) is 317 Å². The number of nitrogens with zero attached hydrogens (tertiary/aromatic N) is 6. The Morgan fingerprint density at radius 3 is 0.858 bits per heavy atom. The molecule has 134 heavy (non-hydrogen) atoms. The summed E-state index contributed by atoms with van der Waals surface area (Å²) in [6, 6.07) is 75.6. The number of pyridine rings is 6. The van der Waals surface area contributed by atoms with E-state index in [1.54, 1.807) is 238 Å². The highest BCUT2D eigenvalue weighted by molar-refractivity contribution is 6.08. The van der Waals surface area contributed by atoms with E-state index in [9.17, 15) is 57.5 Å². The minimum Gasteiger partial charge on any atom is -0.497 e. The lowest BCUT2D eigenvalue weighted by molar-refractivity contribution is -0.117. The van der Waals surface area contributed by atoms with Gasteiger partial charge in [0.25, 0.3) is 35.4 Å². The molecule has 696 valence electrons. The highest BCUT2D eigenvalue weighted by atomic mass is 16.6. The summed E-state index contributed by atoms with van der Waals surface area (Å²) in [5.41, 5.74) is 5.82. The van der Waals surface area contributed by atoms with E-state index in [0.29, 0.717) is 130 Å². The molecular weight excluding hydrogens is 1710 g/mol. The van der Waals surface area contributed by atoms with E-state index in [1.807, 2.05) is 77.9 Å². The van der Waals surface area contributed by atoms with Gasteiger partial charge in [-0.2, -0.15) is 0 Å². The Bertz CT molecular complexity index is 5570. The van der Waals surface area contributed by atoms with Gasteiger partial charge in [-0.15, -0.1) is 0 Å². The average molecular weight is 1820 g/mol. The Balaban J connectivity index is 0.000000222. The van der Waals surface area contributed by atoms with Crippen LogP contribution >= 0.6 is 0 Å². The number of unbranched alkanes of at least 4 members (excludes halogenated alkanes) is 2. The third-order valence-electron chi connectivity index (χ3n) is 17.5. The van der Waals surface area contributed by atoms with Crippen molar-refractivity contribution < 1.29 is 81.6 Å². The van der Waals surface area contributed by atoms with Crippen LogP contribution in [0, 0.1) is 13.8 Å². The van der Waals surface area contributed by atoms with Gasteiger partial charge >= 0.3 is 12.2 Å². The molecule has 13 N–H and O–H groups in total. The molecule has 0 bridgehead atoms. The number of aliphatic hydroxyl groups is 1. The lowest BCUT2D eigenvalue weighted by atomic mass is 10.1. The molecule has 0 saturated heterocycles. The molecule has 6 heterocycles. The normalized spacial score (nSPS) is 10.0. The van der Waals surface area contributed by atoms with E-state index >= 15 is 0 Å². The molecule has 0 atom stereocenters. The van der Waals surface area contributed by atoms with Crippen LogP contribution in [-0.4, -0.2) is 140 Å². The van der Waals surface area contributed by atoms with E-state index in [-0.39, 0.29) is 83.9 Å². The van der Waals surface area contributed by atoms with Gasteiger partial charge < -0.3 is 77.2 Å². The molecule has 0 unspecified atom stereocenters. The van der Waals surface area contributed by atoms with Crippen molar-refractivity contribution in [2.75, 3.05) is 97.3 Å². The van der Waals surface area contributed by atoms with E-state index in [4.69, 9.17) is 24.1 Å². The molecule has 0 radical (unpaired) electrons. The molecule has 35 nitrogen and oxygen atoms in total. The largest absolute Gasteiger partial charge is 0.497 e. The Hall–Kier alpha value is -16.8. The van der Waals surface area contributed by atoms with Gasteiger partial charge in [0.15, 0.2) is 0 Å². The number of ether oxygens (including phenoxy) is 4. The first-order chi connectivity index (χ1) is 64.7. The fourth-order valence-electron chi connectivity index (χ4n) is 11.1. The first kappa shape index (κ1) is 104. The lowest BCUT2D eigenvalue weighted by Gasteiger charge is -2.09. The minimum absolute atomic E-state index is 0.0474. The zero-order chi connectivity index (χ0) is 96.8. The van der Waals surface area contributed by atoms with Crippen LogP contribution in [0.3, 0.4) is 0 Å². The second-order valence-electron chi connectivity index (χ2n) is 28.6. The Morgan fingerprint density at radius 2 is 0.567 bits per heavy atom. The zero-order valence-corrected chi connectivity index (χ0v) is 75.6. The first-order valence-electron chi connectivity index (χ1n) is 42.6. The van der Waals surface area contributed by atoms with Gasteiger partial charge in [-0.3, -0.25) is 58.6 Å². The molecule has 0 aliphatic carbocycles. The minimum atomic E-state index is -0.641. The summed E-state index contributed by atoms with van der Waals surface area (Å²) in [6.45, 7) is 15.8. The van der Waals surface area contributed by atoms with Gasteiger partial charge in [0, 0.05) is 66.7 Å². The second kappa shape index (κ2) is 57.9. The average Bonchev–Trinajstić information content (AvgIpc) is 0.857. The maximum absolute atomic E-state index is 12.3. The van der Waals surface area contributed by atoms with Crippen LogP contribution in [0.15, 0.2) is 267 Å². The third-order valence-corrected chi connectivity index (χ3v) is 17.5. The van der Waals surface area contributed by atoms with E-state index in [2.05, 4.69) is 93.7 Å². The molecule has 0 spiro atoms. The monoisotopic (exact) mass is 1820 g/mol. The van der Waals surface area contributed by atoms with Gasteiger partial charge in [-0.1, -0.05) is 154 Å². The van der Waals surface area contributed by atoms with Crippen LogP contribution in [-0.2, 0) is 40.0 Å². The Morgan fingerprint density at radius 1 is 0.291 bits per heavy atom.